The Kier molecular flexibility index (Phi) is 4.67. The number of carbonyl (C=O) groups is 1. The van der Waals surface area contributed by atoms with Crippen LogP contribution in [-0.4, -0.2) is 39.3 Å². The first kappa shape index (κ1) is 17.0. The zero-order chi connectivity index (χ0) is 16.5. The van der Waals surface area contributed by atoms with Gasteiger partial charge in [-0.15, -0.1) is 0 Å². The molecule has 0 spiro atoms. The molecule has 1 fully saturated rings. The molecule has 1 saturated carbocycles. The normalized spacial score (nSPS) is 17.9. The van der Waals surface area contributed by atoms with Gasteiger partial charge in [0.2, 0.25) is 5.09 Å². The van der Waals surface area contributed by atoms with Gasteiger partial charge in [-0.2, -0.15) is 0 Å². The number of sulfonamides is 1. The average molecular weight is 328 g/mol. The minimum absolute atomic E-state index is 0.145. The minimum Gasteiger partial charge on any atom is -0.448 e. The third kappa shape index (κ3) is 3.35. The Labute approximate surface area is 131 Å². The van der Waals surface area contributed by atoms with Gasteiger partial charge in [0.05, 0.1) is 5.56 Å². The summed E-state index contributed by atoms with van der Waals surface area (Å²) in [6, 6.07) is 1.30. The maximum atomic E-state index is 12.3. The van der Waals surface area contributed by atoms with Crippen molar-refractivity contribution in [2.45, 2.75) is 44.6 Å². The van der Waals surface area contributed by atoms with Crippen LogP contribution in [0.5, 0.6) is 0 Å². The van der Waals surface area contributed by atoms with Crippen LogP contribution in [0.1, 0.15) is 48.7 Å². The lowest BCUT2D eigenvalue weighted by Gasteiger charge is -2.23. The second kappa shape index (κ2) is 6.04. The number of nitrogens with one attached hydrogen (secondary N) is 1. The molecule has 2 rings (SSSR count). The Morgan fingerprint density at radius 3 is 2.50 bits per heavy atom. The summed E-state index contributed by atoms with van der Waals surface area (Å²) in [6.07, 6.45) is 4.61. The molecular formula is C15H24N2O4S. The van der Waals surface area contributed by atoms with E-state index in [0.29, 0.717) is 12.3 Å². The van der Waals surface area contributed by atoms with E-state index in [2.05, 4.69) is 12.2 Å². The fourth-order valence-corrected chi connectivity index (χ4v) is 3.64. The van der Waals surface area contributed by atoms with Crippen molar-refractivity contribution in [1.82, 2.24) is 9.62 Å². The van der Waals surface area contributed by atoms with Gasteiger partial charge in [-0.1, -0.05) is 19.8 Å². The number of carbonyl (C=O) groups excluding carboxylic acids is 1. The summed E-state index contributed by atoms with van der Waals surface area (Å²) in [5.41, 5.74) is 0.424. The second-order valence-corrected chi connectivity index (χ2v) is 8.61. The largest absolute Gasteiger partial charge is 0.448 e. The maximum absolute atomic E-state index is 12.3. The summed E-state index contributed by atoms with van der Waals surface area (Å²) in [4.78, 5) is 12.3. The Balaban J connectivity index is 2.12. The quantitative estimate of drug-likeness (QED) is 0.898. The predicted octanol–water partition coefficient (Wildman–Crippen LogP) is 2.15. The van der Waals surface area contributed by atoms with E-state index in [9.17, 15) is 13.2 Å². The molecule has 1 heterocycles. The standard InChI is InChI=1S/C15H24N2O4S/c1-11-12(9-13(21-11)22(19,20)17(3)4)14(18)16-10-15(2)7-5-6-8-15/h9H,5-8,10H2,1-4H3,(H,16,18). The molecule has 1 amide bonds. The zero-order valence-corrected chi connectivity index (χ0v) is 14.4. The molecule has 0 unspecified atom stereocenters. The Morgan fingerprint density at radius 1 is 1.36 bits per heavy atom. The van der Waals surface area contributed by atoms with Gasteiger partial charge < -0.3 is 9.73 Å². The number of hydrogen-bond donors (Lipinski definition) is 1. The van der Waals surface area contributed by atoms with Crippen molar-refractivity contribution >= 4 is 15.9 Å². The molecule has 7 heteroatoms. The van der Waals surface area contributed by atoms with Crippen molar-refractivity contribution in [3.8, 4) is 0 Å². The van der Waals surface area contributed by atoms with E-state index in [1.807, 2.05) is 0 Å². The molecule has 1 aromatic heterocycles. The van der Waals surface area contributed by atoms with Gasteiger partial charge in [0.1, 0.15) is 5.76 Å². The molecule has 0 radical (unpaired) electrons. The number of rotatable bonds is 5. The Morgan fingerprint density at radius 2 is 1.95 bits per heavy atom. The summed E-state index contributed by atoms with van der Waals surface area (Å²) in [5.74, 6) is 0.0316. The van der Waals surface area contributed by atoms with Crippen molar-refractivity contribution in [3.05, 3.63) is 17.4 Å². The molecular weight excluding hydrogens is 304 g/mol. The molecule has 124 valence electrons. The second-order valence-electron chi connectivity index (χ2n) is 6.52. The van der Waals surface area contributed by atoms with E-state index in [4.69, 9.17) is 4.42 Å². The first-order chi connectivity index (χ1) is 10.2. The van der Waals surface area contributed by atoms with Crippen LogP contribution < -0.4 is 5.32 Å². The molecule has 1 aliphatic carbocycles. The topological polar surface area (TPSA) is 79.6 Å². The molecule has 0 aliphatic heterocycles. The van der Waals surface area contributed by atoms with Gasteiger partial charge in [0.15, 0.2) is 0 Å². The smallest absolute Gasteiger partial charge is 0.275 e. The minimum atomic E-state index is -3.67. The summed E-state index contributed by atoms with van der Waals surface area (Å²) in [7, 11) is -0.819. The first-order valence-corrected chi connectivity index (χ1v) is 8.91. The third-order valence-corrected chi connectivity index (χ3v) is 6.03. The average Bonchev–Trinajstić information content (AvgIpc) is 3.03. The van der Waals surface area contributed by atoms with Crippen LogP contribution in [0.15, 0.2) is 15.6 Å². The molecule has 0 aromatic carbocycles. The lowest BCUT2D eigenvalue weighted by Crippen LogP contribution is -2.34. The van der Waals surface area contributed by atoms with E-state index in [1.165, 1.54) is 33.0 Å². The van der Waals surface area contributed by atoms with Crippen LogP contribution >= 0.6 is 0 Å². The van der Waals surface area contributed by atoms with Crippen molar-refractivity contribution in [2.24, 2.45) is 5.41 Å². The highest BCUT2D eigenvalue weighted by atomic mass is 32.2. The monoisotopic (exact) mass is 328 g/mol. The third-order valence-electron chi connectivity index (χ3n) is 4.36. The summed E-state index contributed by atoms with van der Waals surface area (Å²) in [6.45, 7) is 4.37. The van der Waals surface area contributed by atoms with Gasteiger partial charge in [0.25, 0.3) is 15.9 Å². The molecule has 0 saturated heterocycles. The van der Waals surface area contributed by atoms with Crippen LogP contribution in [0.4, 0.5) is 0 Å². The Bertz CT molecular complexity index is 655. The molecule has 6 nitrogen and oxygen atoms in total. The number of hydrogen-bond acceptors (Lipinski definition) is 4. The number of amides is 1. The summed E-state index contributed by atoms with van der Waals surface area (Å²) in [5, 5.41) is 2.71. The predicted molar refractivity (Wildman–Crippen MR) is 83.2 cm³/mol. The lowest BCUT2D eigenvalue weighted by molar-refractivity contribution is 0.0932. The number of nitrogens with zero attached hydrogens (tertiary/aromatic N) is 1. The van der Waals surface area contributed by atoms with Crippen molar-refractivity contribution in [1.29, 1.82) is 0 Å². The van der Waals surface area contributed by atoms with E-state index in [-0.39, 0.29) is 22.0 Å². The highest BCUT2D eigenvalue weighted by Crippen LogP contribution is 2.36. The van der Waals surface area contributed by atoms with Crippen molar-refractivity contribution in [2.75, 3.05) is 20.6 Å². The highest BCUT2D eigenvalue weighted by Gasteiger charge is 2.30. The van der Waals surface area contributed by atoms with E-state index >= 15 is 0 Å². The van der Waals surface area contributed by atoms with Crippen LogP contribution in [0, 0.1) is 12.3 Å². The molecule has 1 N–H and O–H groups in total. The highest BCUT2D eigenvalue weighted by molar-refractivity contribution is 7.88. The van der Waals surface area contributed by atoms with Crippen LogP contribution in [0.25, 0.3) is 0 Å². The molecule has 22 heavy (non-hydrogen) atoms. The van der Waals surface area contributed by atoms with E-state index < -0.39 is 10.0 Å². The van der Waals surface area contributed by atoms with Crippen molar-refractivity contribution < 1.29 is 17.6 Å². The number of aryl methyl sites for hydroxylation is 1. The lowest BCUT2D eigenvalue weighted by atomic mass is 9.89. The maximum Gasteiger partial charge on any atom is 0.275 e. The van der Waals surface area contributed by atoms with E-state index in [1.54, 1.807) is 6.92 Å². The Hall–Kier alpha value is -1.34. The first-order valence-electron chi connectivity index (χ1n) is 7.47. The van der Waals surface area contributed by atoms with Gasteiger partial charge >= 0.3 is 0 Å². The zero-order valence-electron chi connectivity index (χ0n) is 13.6. The van der Waals surface area contributed by atoms with Gasteiger partial charge in [-0.25, -0.2) is 12.7 Å². The molecule has 0 atom stereocenters. The van der Waals surface area contributed by atoms with E-state index in [0.717, 1.165) is 17.1 Å². The van der Waals surface area contributed by atoms with Gasteiger partial charge in [0, 0.05) is 26.7 Å². The van der Waals surface area contributed by atoms with Crippen molar-refractivity contribution in [3.63, 3.8) is 0 Å². The molecule has 1 aromatic rings. The van der Waals surface area contributed by atoms with Gasteiger partial charge in [-0.3, -0.25) is 4.79 Å². The number of furan rings is 1. The summed E-state index contributed by atoms with van der Waals surface area (Å²) >= 11 is 0. The van der Waals surface area contributed by atoms with Crippen LogP contribution in [0.2, 0.25) is 0 Å². The van der Waals surface area contributed by atoms with Gasteiger partial charge in [-0.05, 0) is 25.2 Å². The summed E-state index contributed by atoms with van der Waals surface area (Å²) < 4.78 is 30.4. The fraction of sp³-hybridized carbons (Fsp3) is 0.667. The molecule has 1 aliphatic rings. The van der Waals surface area contributed by atoms with Crippen LogP contribution in [0.3, 0.4) is 0 Å². The fourth-order valence-electron chi connectivity index (χ4n) is 2.78. The molecule has 0 bridgehead atoms. The van der Waals surface area contributed by atoms with Crippen LogP contribution in [-0.2, 0) is 10.0 Å². The SMILES string of the molecule is Cc1oc(S(=O)(=O)N(C)C)cc1C(=O)NCC1(C)CCCC1.